The van der Waals surface area contributed by atoms with Crippen LogP contribution in [0.3, 0.4) is 0 Å². The summed E-state index contributed by atoms with van der Waals surface area (Å²) in [6.07, 6.45) is 0.0953. The summed E-state index contributed by atoms with van der Waals surface area (Å²) in [6, 6.07) is 23.0. The van der Waals surface area contributed by atoms with Crippen molar-refractivity contribution in [3.63, 3.8) is 0 Å². The molecule has 31 heavy (non-hydrogen) atoms. The van der Waals surface area contributed by atoms with Crippen LogP contribution in [0, 0.1) is 0 Å². The lowest BCUT2D eigenvalue weighted by molar-refractivity contribution is -0.117. The van der Waals surface area contributed by atoms with Crippen LogP contribution in [-0.2, 0) is 17.8 Å². The van der Waals surface area contributed by atoms with Gasteiger partial charge in [0.1, 0.15) is 5.82 Å². The molecule has 4 rings (SSSR count). The number of anilines is 2. The van der Waals surface area contributed by atoms with Gasteiger partial charge in [-0.2, -0.15) is 0 Å². The molecular weight excluding hydrogens is 392 g/mol. The number of aromatic amines is 1. The summed E-state index contributed by atoms with van der Waals surface area (Å²) in [7, 11) is 1.49. The third-order valence-corrected chi connectivity index (χ3v) is 5.28. The van der Waals surface area contributed by atoms with Crippen molar-refractivity contribution >= 4 is 28.2 Å². The molecule has 0 aliphatic carbocycles. The molecule has 0 atom stereocenters. The van der Waals surface area contributed by atoms with Crippen LogP contribution in [0.4, 0.5) is 11.5 Å². The second kappa shape index (κ2) is 8.31. The molecule has 1 heterocycles. The van der Waals surface area contributed by atoms with Gasteiger partial charge in [-0.15, -0.1) is 0 Å². The van der Waals surface area contributed by atoms with E-state index < -0.39 is 11.2 Å². The molecule has 156 valence electrons. The zero-order valence-electron chi connectivity index (χ0n) is 17.0. The molecule has 0 saturated carbocycles. The van der Waals surface area contributed by atoms with Crippen molar-refractivity contribution in [1.82, 2.24) is 9.55 Å². The molecule has 0 spiro atoms. The van der Waals surface area contributed by atoms with Crippen molar-refractivity contribution in [2.45, 2.75) is 13.0 Å². The lowest BCUT2D eigenvalue weighted by atomic mass is 10.0. The zero-order valence-corrected chi connectivity index (χ0v) is 17.0. The van der Waals surface area contributed by atoms with Crippen LogP contribution in [0.2, 0.25) is 0 Å². The van der Waals surface area contributed by atoms with Gasteiger partial charge in [-0.25, -0.2) is 4.79 Å². The molecule has 0 saturated heterocycles. The van der Waals surface area contributed by atoms with Gasteiger partial charge in [0.2, 0.25) is 5.91 Å². The Hall–Kier alpha value is -4.13. The predicted molar refractivity (Wildman–Crippen MR) is 122 cm³/mol. The number of amides is 1. The quantitative estimate of drug-likeness (QED) is 0.524. The number of benzene rings is 3. The minimum atomic E-state index is -0.693. The van der Waals surface area contributed by atoms with Crippen LogP contribution in [0.15, 0.2) is 82.4 Å². The number of nitrogens with zero attached hydrogens (tertiary/aromatic N) is 2. The Morgan fingerprint density at radius 1 is 0.935 bits per heavy atom. The summed E-state index contributed by atoms with van der Waals surface area (Å²) < 4.78 is 1.26. The van der Waals surface area contributed by atoms with E-state index in [1.165, 1.54) is 16.5 Å². The molecule has 7 nitrogen and oxygen atoms in total. The molecule has 3 N–H and O–H groups in total. The van der Waals surface area contributed by atoms with Crippen molar-refractivity contribution in [3.05, 3.63) is 105 Å². The normalized spacial score (nSPS) is 10.9. The summed E-state index contributed by atoms with van der Waals surface area (Å²) in [5.41, 5.74) is 6.50. The lowest BCUT2D eigenvalue weighted by Gasteiger charge is -2.20. The summed E-state index contributed by atoms with van der Waals surface area (Å²) in [6.45, 7) is 0.183. The van der Waals surface area contributed by atoms with Gasteiger partial charge in [-0.05, 0) is 21.9 Å². The number of carbonyl (C=O) groups is 1. The summed E-state index contributed by atoms with van der Waals surface area (Å²) >= 11 is 0. The first-order valence-electron chi connectivity index (χ1n) is 9.85. The van der Waals surface area contributed by atoms with Crippen LogP contribution >= 0.6 is 0 Å². The Morgan fingerprint density at radius 2 is 1.61 bits per heavy atom. The van der Waals surface area contributed by atoms with Gasteiger partial charge in [0.15, 0.2) is 5.69 Å². The van der Waals surface area contributed by atoms with Crippen molar-refractivity contribution in [2.24, 2.45) is 0 Å². The highest BCUT2D eigenvalue weighted by Crippen LogP contribution is 2.19. The molecule has 0 unspecified atom stereocenters. The maximum Gasteiger partial charge on any atom is 0.330 e. The Balaban J connectivity index is 1.64. The molecule has 7 heteroatoms. The average molecular weight is 414 g/mol. The average Bonchev–Trinajstić information content (AvgIpc) is 2.77. The number of hydrogen-bond acceptors (Lipinski definition) is 4. The van der Waals surface area contributed by atoms with Crippen LogP contribution in [-0.4, -0.2) is 22.5 Å². The number of aromatic nitrogens is 2. The van der Waals surface area contributed by atoms with E-state index in [2.05, 4.69) is 4.98 Å². The van der Waals surface area contributed by atoms with E-state index in [9.17, 15) is 14.4 Å². The maximum atomic E-state index is 12.9. The Kier molecular flexibility index (Phi) is 5.41. The third kappa shape index (κ3) is 4.11. The predicted octanol–water partition coefficient (Wildman–Crippen LogP) is 2.53. The number of fused-ring (bicyclic) bond motifs is 1. The van der Waals surface area contributed by atoms with Gasteiger partial charge < -0.3 is 10.6 Å². The molecule has 1 aromatic heterocycles. The van der Waals surface area contributed by atoms with E-state index >= 15 is 0 Å². The minimum absolute atomic E-state index is 0.0404. The molecule has 0 aliphatic rings. The Morgan fingerprint density at radius 3 is 2.35 bits per heavy atom. The van der Waals surface area contributed by atoms with E-state index in [0.29, 0.717) is 0 Å². The largest absolute Gasteiger partial charge is 0.383 e. The smallest absolute Gasteiger partial charge is 0.330 e. The molecule has 0 fully saturated rings. The molecular formula is C24H22N4O3. The first kappa shape index (κ1) is 20.2. The zero-order chi connectivity index (χ0) is 22.0. The second-order valence-corrected chi connectivity index (χ2v) is 7.38. The highest BCUT2D eigenvalue weighted by Gasteiger charge is 2.21. The van der Waals surface area contributed by atoms with Gasteiger partial charge in [-0.1, -0.05) is 72.8 Å². The van der Waals surface area contributed by atoms with Crippen LogP contribution in [0.5, 0.6) is 0 Å². The van der Waals surface area contributed by atoms with Crippen LogP contribution in [0.1, 0.15) is 11.1 Å². The van der Waals surface area contributed by atoms with Crippen LogP contribution < -0.4 is 21.9 Å². The summed E-state index contributed by atoms with van der Waals surface area (Å²) in [4.78, 5) is 41.3. The fraction of sp³-hybridized carbons (Fsp3) is 0.125. The highest BCUT2D eigenvalue weighted by molar-refractivity contribution is 5.96. The first-order chi connectivity index (χ1) is 14.9. The highest BCUT2D eigenvalue weighted by atomic mass is 16.2. The number of nitrogens with two attached hydrogens (primary N) is 1. The molecule has 4 aromatic rings. The standard InChI is InChI=1S/C24H22N4O3/c1-27(20(29)14-17-11-12-18-9-5-6-10-19(18)13-17)21-22(25)28(24(31)26-23(21)30)15-16-7-3-2-4-8-16/h2-13H,14-15,25H2,1H3,(H,26,30,31). The molecule has 3 aromatic carbocycles. The second-order valence-electron chi connectivity index (χ2n) is 7.38. The van der Waals surface area contributed by atoms with Crippen LogP contribution in [0.25, 0.3) is 10.8 Å². The number of likely N-dealkylation sites (N-methyl/N-ethyl adjacent to an activating group) is 1. The van der Waals surface area contributed by atoms with Crippen molar-refractivity contribution in [2.75, 3.05) is 17.7 Å². The topological polar surface area (TPSA) is 101 Å². The van der Waals surface area contributed by atoms with Gasteiger partial charge in [0.05, 0.1) is 13.0 Å². The first-order valence-corrected chi connectivity index (χ1v) is 9.85. The molecule has 1 amide bonds. The Bertz CT molecular complexity index is 1370. The van der Waals surface area contributed by atoms with Gasteiger partial charge in [0.25, 0.3) is 5.56 Å². The fourth-order valence-electron chi connectivity index (χ4n) is 3.59. The van der Waals surface area contributed by atoms with Crippen molar-refractivity contribution in [1.29, 1.82) is 0 Å². The molecule has 0 radical (unpaired) electrons. The van der Waals surface area contributed by atoms with Gasteiger partial charge in [0, 0.05) is 7.05 Å². The third-order valence-electron chi connectivity index (χ3n) is 5.28. The number of nitrogens with one attached hydrogen (secondary N) is 1. The minimum Gasteiger partial charge on any atom is -0.383 e. The van der Waals surface area contributed by atoms with E-state index in [1.807, 2.05) is 72.8 Å². The van der Waals surface area contributed by atoms with E-state index in [1.54, 1.807) is 0 Å². The van der Waals surface area contributed by atoms with Crippen molar-refractivity contribution in [3.8, 4) is 0 Å². The summed E-state index contributed by atoms with van der Waals surface area (Å²) in [5.74, 6) is -0.357. The van der Waals surface area contributed by atoms with Gasteiger partial charge in [-0.3, -0.25) is 19.1 Å². The fourth-order valence-corrected chi connectivity index (χ4v) is 3.59. The summed E-state index contributed by atoms with van der Waals surface area (Å²) in [5, 5.41) is 2.12. The monoisotopic (exact) mass is 414 g/mol. The molecule has 0 bridgehead atoms. The van der Waals surface area contributed by atoms with Crippen molar-refractivity contribution < 1.29 is 4.79 Å². The Labute approximate surface area is 178 Å². The number of H-pyrrole nitrogens is 1. The maximum absolute atomic E-state index is 12.9. The van der Waals surface area contributed by atoms with E-state index in [-0.39, 0.29) is 30.4 Å². The molecule has 0 aliphatic heterocycles. The lowest BCUT2D eigenvalue weighted by Crippen LogP contribution is -2.39. The number of rotatable bonds is 5. The number of nitrogen functional groups attached to an aromatic ring is 1. The number of carbonyl (C=O) groups excluding carboxylic acids is 1. The van der Waals surface area contributed by atoms with E-state index in [0.717, 1.165) is 21.9 Å². The van der Waals surface area contributed by atoms with Gasteiger partial charge >= 0.3 is 5.69 Å². The SMILES string of the molecule is CN(C(=O)Cc1ccc2ccccc2c1)c1c(N)n(Cc2ccccc2)c(=O)[nH]c1=O. The number of hydrogen-bond donors (Lipinski definition) is 2. The van der Waals surface area contributed by atoms with E-state index in [4.69, 9.17) is 5.73 Å².